The number of thioether (sulfide) groups is 1. The van der Waals surface area contributed by atoms with Crippen LogP contribution in [0.15, 0.2) is 30.3 Å². The molecular weight excluding hydrogens is 468 g/mol. The molecule has 1 aromatic heterocycles. The average molecular weight is 491 g/mol. The fourth-order valence-electron chi connectivity index (χ4n) is 4.26. The van der Waals surface area contributed by atoms with Crippen molar-refractivity contribution in [2.45, 2.75) is 30.4 Å². The number of esters is 3. The van der Waals surface area contributed by atoms with Gasteiger partial charge < -0.3 is 24.8 Å². The van der Waals surface area contributed by atoms with E-state index in [-0.39, 0.29) is 33.5 Å². The molecule has 4 rings (SSSR count). The number of hydrogen-bond acceptors (Lipinski definition) is 10. The van der Waals surface area contributed by atoms with Crippen LogP contribution >= 0.6 is 23.1 Å². The topological polar surface area (TPSA) is 125 Å². The van der Waals surface area contributed by atoms with E-state index < -0.39 is 28.8 Å². The third kappa shape index (κ3) is 3.84. The Morgan fingerprint density at radius 1 is 1.15 bits per heavy atom. The Kier molecular flexibility index (Phi) is 6.35. The van der Waals surface area contributed by atoms with E-state index in [4.69, 9.17) is 19.9 Å². The van der Waals surface area contributed by atoms with Crippen molar-refractivity contribution >= 4 is 51.9 Å². The van der Waals surface area contributed by atoms with Crippen molar-refractivity contribution in [2.75, 3.05) is 25.7 Å². The van der Waals surface area contributed by atoms with Gasteiger partial charge in [-0.1, -0.05) is 30.3 Å². The normalized spacial score (nSPS) is 21.6. The second-order valence-electron chi connectivity index (χ2n) is 7.48. The predicted octanol–water partition coefficient (Wildman–Crippen LogP) is 2.54. The quantitative estimate of drug-likeness (QED) is 0.480. The zero-order valence-corrected chi connectivity index (χ0v) is 19.6. The molecule has 33 heavy (non-hydrogen) atoms. The third-order valence-corrected chi connectivity index (χ3v) is 8.42. The highest BCUT2D eigenvalue weighted by molar-refractivity contribution is 8.00. The van der Waals surface area contributed by atoms with Gasteiger partial charge >= 0.3 is 17.9 Å². The second-order valence-corrected chi connectivity index (χ2v) is 9.83. The van der Waals surface area contributed by atoms with E-state index >= 15 is 0 Å². The molecule has 0 radical (unpaired) electrons. The molecule has 2 aliphatic heterocycles. The number of hydrogen-bond donors (Lipinski definition) is 1. The van der Waals surface area contributed by atoms with E-state index in [0.29, 0.717) is 18.6 Å². The summed E-state index contributed by atoms with van der Waals surface area (Å²) in [6.45, 7) is -0.386. The third-order valence-electron chi connectivity index (χ3n) is 5.78. The van der Waals surface area contributed by atoms with E-state index in [1.54, 1.807) is 16.7 Å². The molecular formula is C22H22N2O7S2. The summed E-state index contributed by atoms with van der Waals surface area (Å²) in [5.41, 5.74) is 6.97. The Labute approximate surface area is 198 Å². The van der Waals surface area contributed by atoms with Crippen LogP contribution in [0.1, 0.15) is 44.0 Å². The van der Waals surface area contributed by atoms with Crippen LogP contribution in [0.4, 0.5) is 5.00 Å². The first kappa shape index (κ1) is 23.1. The summed E-state index contributed by atoms with van der Waals surface area (Å²) in [4.78, 5) is 51.3. The minimum Gasteiger partial charge on any atom is -0.465 e. The van der Waals surface area contributed by atoms with Gasteiger partial charge in [-0.2, -0.15) is 0 Å². The number of fused-ring (bicyclic) bond motifs is 1. The zero-order chi connectivity index (χ0) is 23.8. The van der Waals surface area contributed by atoms with Crippen LogP contribution in [0, 0.1) is 0 Å². The first-order valence-electron chi connectivity index (χ1n) is 10.1. The molecule has 0 spiro atoms. The number of rotatable bonds is 6. The number of methoxy groups -OCH3 is 2. The molecule has 1 aromatic carbocycles. The first-order valence-corrected chi connectivity index (χ1v) is 11.9. The molecule has 2 aliphatic rings. The zero-order valence-electron chi connectivity index (χ0n) is 18.0. The Bertz CT molecular complexity index is 1120. The van der Waals surface area contributed by atoms with Gasteiger partial charge in [0, 0.05) is 17.7 Å². The van der Waals surface area contributed by atoms with Gasteiger partial charge in [-0.3, -0.25) is 4.79 Å². The maximum Gasteiger partial charge on any atom is 0.348 e. The molecule has 2 saturated heterocycles. The smallest absolute Gasteiger partial charge is 0.348 e. The Morgan fingerprint density at radius 2 is 1.85 bits per heavy atom. The van der Waals surface area contributed by atoms with E-state index in [2.05, 4.69) is 0 Å². The summed E-state index contributed by atoms with van der Waals surface area (Å²) in [5.74, 6) is -1.82. The number of ether oxygens (including phenoxy) is 3. The SMILES string of the molecule is COC(=O)c1sc(N)c(C(=O)OC)c1COC(=O)[C@H]1CS[C@]2(c3ccccc3)CCC(=O)N12. The van der Waals surface area contributed by atoms with Crippen LogP contribution in [0.5, 0.6) is 0 Å². The highest BCUT2D eigenvalue weighted by atomic mass is 32.2. The van der Waals surface area contributed by atoms with Crippen LogP contribution in [0.2, 0.25) is 0 Å². The van der Waals surface area contributed by atoms with Gasteiger partial charge in [-0.05, 0) is 12.0 Å². The number of carbonyl (C=O) groups excluding carboxylic acids is 4. The molecule has 174 valence electrons. The van der Waals surface area contributed by atoms with Gasteiger partial charge in [0.1, 0.15) is 33.0 Å². The van der Waals surface area contributed by atoms with Gasteiger partial charge in [0.05, 0.1) is 14.2 Å². The van der Waals surface area contributed by atoms with Crippen molar-refractivity contribution in [1.82, 2.24) is 4.90 Å². The number of nitrogens with zero attached hydrogens (tertiary/aromatic N) is 1. The van der Waals surface area contributed by atoms with E-state index in [1.165, 1.54) is 14.2 Å². The monoisotopic (exact) mass is 490 g/mol. The van der Waals surface area contributed by atoms with Crippen molar-refractivity contribution < 1.29 is 33.4 Å². The number of benzene rings is 1. The van der Waals surface area contributed by atoms with Crippen LogP contribution in [-0.4, -0.2) is 54.7 Å². The van der Waals surface area contributed by atoms with Crippen LogP contribution in [0.3, 0.4) is 0 Å². The van der Waals surface area contributed by atoms with Crippen molar-refractivity contribution in [3.8, 4) is 0 Å². The lowest BCUT2D eigenvalue weighted by Crippen LogP contribution is -2.46. The Hall–Kier alpha value is -3.05. The summed E-state index contributed by atoms with van der Waals surface area (Å²) in [6, 6.07) is 8.82. The summed E-state index contributed by atoms with van der Waals surface area (Å²) in [7, 11) is 2.38. The molecule has 11 heteroatoms. The van der Waals surface area contributed by atoms with Gasteiger partial charge in [-0.15, -0.1) is 23.1 Å². The number of amides is 1. The average Bonchev–Trinajstić information content (AvgIpc) is 3.49. The van der Waals surface area contributed by atoms with Crippen LogP contribution < -0.4 is 5.73 Å². The predicted molar refractivity (Wildman–Crippen MR) is 122 cm³/mol. The number of anilines is 1. The van der Waals surface area contributed by atoms with Crippen molar-refractivity contribution in [1.29, 1.82) is 0 Å². The van der Waals surface area contributed by atoms with Crippen molar-refractivity contribution in [3.05, 3.63) is 51.9 Å². The standard InChI is InChI=1S/C22H22N2O7S2/c1-29-20(27)16-13(17(21(28)30-2)33-18(16)23)10-31-19(26)14-11-32-22(9-8-15(25)24(14)22)12-6-4-3-5-7-12/h3-7,14H,8-11,23H2,1-2H3/t14-,22+/m1/s1. The van der Waals surface area contributed by atoms with Gasteiger partial charge in [-0.25, -0.2) is 14.4 Å². The van der Waals surface area contributed by atoms with E-state index in [0.717, 1.165) is 16.9 Å². The molecule has 2 aromatic rings. The maximum atomic E-state index is 13.1. The minimum atomic E-state index is -0.788. The molecule has 2 N–H and O–H groups in total. The van der Waals surface area contributed by atoms with Crippen LogP contribution in [0.25, 0.3) is 0 Å². The highest BCUT2D eigenvalue weighted by Gasteiger charge is 2.57. The van der Waals surface area contributed by atoms with E-state index in [9.17, 15) is 19.2 Å². The molecule has 3 heterocycles. The molecule has 2 atom stereocenters. The summed E-state index contributed by atoms with van der Waals surface area (Å²) < 4.78 is 15.1. The summed E-state index contributed by atoms with van der Waals surface area (Å²) in [6.07, 6.45) is 0.941. The molecule has 2 fully saturated rings. The lowest BCUT2D eigenvalue weighted by Gasteiger charge is -2.33. The molecule has 0 saturated carbocycles. The van der Waals surface area contributed by atoms with Crippen molar-refractivity contribution in [2.24, 2.45) is 0 Å². The van der Waals surface area contributed by atoms with Gasteiger partial charge in [0.2, 0.25) is 5.91 Å². The molecule has 0 bridgehead atoms. The molecule has 1 amide bonds. The maximum absolute atomic E-state index is 13.1. The minimum absolute atomic E-state index is 0.0348. The number of nitrogens with two attached hydrogens (primary N) is 1. The summed E-state index contributed by atoms with van der Waals surface area (Å²) >= 11 is 2.40. The largest absolute Gasteiger partial charge is 0.465 e. The molecule has 9 nitrogen and oxygen atoms in total. The fraction of sp³-hybridized carbons (Fsp3) is 0.364. The number of thiophene rings is 1. The fourth-order valence-corrected chi connectivity index (χ4v) is 6.88. The number of carbonyl (C=O) groups is 4. The molecule has 0 aliphatic carbocycles. The Balaban J connectivity index is 1.59. The highest BCUT2D eigenvalue weighted by Crippen LogP contribution is 2.54. The van der Waals surface area contributed by atoms with Gasteiger partial charge in [0.15, 0.2) is 0 Å². The Morgan fingerprint density at radius 3 is 2.52 bits per heavy atom. The van der Waals surface area contributed by atoms with Gasteiger partial charge in [0.25, 0.3) is 0 Å². The van der Waals surface area contributed by atoms with E-state index in [1.807, 2.05) is 30.3 Å². The number of nitrogen functional groups attached to an aromatic ring is 1. The van der Waals surface area contributed by atoms with Crippen LogP contribution in [-0.2, 0) is 35.3 Å². The second kappa shape index (κ2) is 9.06. The lowest BCUT2D eigenvalue weighted by molar-refractivity contribution is -0.155. The lowest BCUT2D eigenvalue weighted by atomic mass is 10.0. The summed E-state index contributed by atoms with van der Waals surface area (Å²) in [5, 5.41) is 0.0579. The van der Waals surface area contributed by atoms with Crippen molar-refractivity contribution in [3.63, 3.8) is 0 Å². The first-order chi connectivity index (χ1) is 15.8. The molecule has 0 unspecified atom stereocenters.